The van der Waals surface area contributed by atoms with Crippen LogP contribution in [-0.2, 0) is 9.59 Å². The zero-order valence-electron chi connectivity index (χ0n) is 13.4. The molecule has 1 aliphatic carbocycles. The first kappa shape index (κ1) is 16.1. The average Bonchev–Trinajstić information content (AvgIpc) is 2.49. The number of anilines is 1. The van der Waals surface area contributed by atoms with Crippen molar-refractivity contribution in [2.24, 2.45) is 11.8 Å². The Hall–Kier alpha value is -2.82. The van der Waals surface area contributed by atoms with Crippen LogP contribution in [0, 0.1) is 18.8 Å². The Bertz CT molecular complexity index is 754. The lowest BCUT2D eigenvalue weighted by Gasteiger charge is -2.32. The van der Waals surface area contributed by atoms with Crippen LogP contribution in [0.1, 0.15) is 18.4 Å². The quantitative estimate of drug-likeness (QED) is 0.876. The van der Waals surface area contributed by atoms with Crippen LogP contribution in [0.3, 0.4) is 0 Å². The molecule has 0 heterocycles. The molecule has 124 valence electrons. The molecule has 2 atom stereocenters. The van der Waals surface area contributed by atoms with E-state index in [1.165, 1.54) is 0 Å². The molecule has 0 spiro atoms. The fourth-order valence-corrected chi connectivity index (χ4v) is 2.73. The van der Waals surface area contributed by atoms with Gasteiger partial charge < -0.3 is 15.2 Å². The molecule has 1 aliphatic rings. The van der Waals surface area contributed by atoms with Gasteiger partial charge >= 0.3 is 5.97 Å². The van der Waals surface area contributed by atoms with Crippen LogP contribution in [0.25, 0.3) is 0 Å². The first-order valence-electron chi connectivity index (χ1n) is 7.92. The zero-order chi connectivity index (χ0) is 17.1. The summed E-state index contributed by atoms with van der Waals surface area (Å²) in [5, 5.41) is 11.9. The normalized spacial score (nSPS) is 19.2. The Morgan fingerprint density at radius 3 is 2.33 bits per heavy atom. The number of hydrogen-bond donors (Lipinski definition) is 2. The van der Waals surface area contributed by atoms with Gasteiger partial charge in [-0.1, -0.05) is 29.8 Å². The highest BCUT2D eigenvalue weighted by molar-refractivity contribution is 5.97. The van der Waals surface area contributed by atoms with Crippen LogP contribution in [0.4, 0.5) is 5.69 Å². The molecule has 1 saturated carbocycles. The number of carboxylic acid groups (broad SMARTS) is 1. The van der Waals surface area contributed by atoms with E-state index in [9.17, 15) is 9.59 Å². The Morgan fingerprint density at radius 2 is 1.71 bits per heavy atom. The van der Waals surface area contributed by atoms with Gasteiger partial charge in [0.25, 0.3) is 0 Å². The van der Waals surface area contributed by atoms with Crippen molar-refractivity contribution in [2.75, 3.05) is 5.32 Å². The maximum absolute atomic E-state index is 12.3. The summed E-state index contributed by atoms with van der Waals surface area (Å²) >= 11 is 0. The Labute approximate surface area is 140 Å². The summed E-state index contributed by atoms with van der Waals surface area (Å²) in [6, 6.07) is 14.8. The van der Waals surface area contributed by atoms with Crippen molar-refractivity contribution in [2.45, 2.75) is 19.8 Å². The Morgan fingerprint density at radius 1 is 1.04 bits per heavy atom. The van der Waals surface area contributed by atoms with Gasteiger partial charge in [-0.3, -0.25) is 9.59 Å². The maximum Gasteiger partial charge on any atom is 0.307 e. The number of carboxylic acids is 1. The minimum absolute atomic E-state index is 0.270. The molecule has 2 aromatic carbocycles. The van der Waals surface area contributed by atoms with Crippen molar-refractivity contribution in [3.63, 3.8) is 0 Å². The van der Waals surface area contributed by atoms with Crippen molar-refractivity contribution in [3.8, 4) is 11.5 Å². The summed E-state index contributed by atoms with van der Waals surface area (Å²) in [6.45, 7) is 2.00. The number of nitrogens with one attached hydrogen (secondary N) is 1. The van der Waals surface area contributed by atoms with Crippen molar-refractivity contribution < 1.29 is 19.4 Å². The smallest absolute Gasteiger partial charge is 0.307 e. The molecule has 3 rings (SSSR count). The van der Waals surface area contributed by atoms with E-state index in [0.29, 0.717) is 30.0 Å². The van der Waals surface area contributed by atoms with Crippen LogP contribution >= 0.6 is 0 Å². The van der Waals surface area contributed by atoms with E-state index >= 15 is 0 Å². The molecule has 2 aromatic rings. The lowest BCUT2D eigenvalue weighted by Crippen LogP contribution is -2.41. The van der Waals surface area contributed by atoms with E-state index in [4.69, 9.17) is 9.84 Å². The molecule has 0 aromatic heterocycles. The molecule has 5 nitrogen and oxygen atoms in total. The first-order valence-corrected chi connectivity index (χ1v) is 7.92. The minimum atomic E-state index is -0.911. The van der Waals surface area contributed by atoms with E-state index in [-0.39, 0.29) is 5.91 Å². The average molecular weight is 325 g/mol. The zero-order valence-corrected chi connectivity index (χ0v) is 13.4. The lowest BCUT2D eigenvalue weighted by atomic mass is 9.73. The summed E-state index contributed by atoms with van der Waals surface area (Å²) in [5.74, 6) is -1.04. The number of carbonyl (C=O) groups excluding carboxylic acids is 1. The summed E-state index contributed by atoms with van der Waals surface area (Å²) in [5.41, 5.74) is 1.67. The fourth-order valence-electron chi connectivity index (χ4n) is 2.73. The third-order valence-electron chi connectivity index (χ3n) is 4.32. The second-order valence-electron chi connectivity index (χ2n) is 6.03. The highest BCUT2D eigenvalue weighted by Gasteiger charge is 2.41. The highest BCUT2D eigenvalue weighted by Crippen LogP contribution is 2.36. The Balaban J connectivity index is 1.73. The van der Waals surface area contributed by atoms with Crippen molar-refractivity contribution >= 4 is 17.6 Å². The second-order valence-corrected chi connectivity index (χ2v) is 6.03. The molecule has 2 unspecified atom stereocenters. The monoisotopic (exact) mass is 325 g/mol. The summed E-state index contributed by atoms with van der Waals surface area (Å²) < 4.78 is 5.84. The van der Waals surface area contributed by atoms with Crippen LogP contribution < -0.4 is 10.1 Å². The predicted molar refractivity (Wildman–Crippen MR) is 90.2 cm³/mol. The number of benzene rings is 2. The molecular formula is C19H19NO4. The molecule has 0 saturated heterocycles. The van der Waals surface area contributed by atoms with Gasteiger partial charge in [-0.25, -0.2) is 0 Å². The van der Waals surface area contributed by atoms with Crippen LogP contribution in [0.15, 0.2) is 48.5 Å². The Kier molecular flexibility index (Phi) is 4.51. The van der Waals surface area contributed by atoms with Crippen LogP contribution in [-0.4, -0.2) is 17.0 Å². The van der Waals surface area contributed by atoms with Gasteiger partial charge in [0.15, 0.2) is 5.75 Å². The van der Waals surface area contributed by atoms with Crippen LogP contribution in [0.5, 0.6) is 11.5 Å². The molecular weight excluding hydrogens is 306 g/mol. The summed E-state index contributed by atoms with van der Waals surface area (Å²) in [4.78, 5) is 23.4. The van der Waals surface area contributed by atoms with Gasteiger partial charge in [-0.05, 0) is 44.0 Å². The number of ether oxygens (including phenoxy) is 1. The number of aryl methyl sites for hydroxylation is 1. The molecule has 0 aliphatic heterocycles. The third-order valence-corrected chi connectivity index (χ3v) is 4.32. The maximum atomic E-state index is 12.3. The van der Waals surface area contributed by atoms with E-state index in [0.717, 1.165) is 5.56 Å². The molecule has 0 radical (unpaired) electrons. The molecule has 5 heteroatoms. The largest absolute Gasteiger partial charge is 0.481 e. The third kappa shape index (κ3) is 3.40. The lowest BCUT2D eigenvalue weighted by molar-refractivity contribution is -0.151. The van der Waals surface area contributed by atoms with Crippen molar-refractivity contribution in [1.29, 1.82) is 0 Å². The number of amides is 1. The van der Waals surface area contributed by atoms with Gasteiger partial charge in [0, 0.05) is 0 Å². The number of para-hydroxylation sites is 2. The van der Waals surface area contributed by atoms with Gasteiger partial charge in [-0.15, -0.1) is 0 Å². The fraction of sp³-hybridized carbons (Fsp3) is 0.263. The number of hydrogen-bond acceptors (Lipinski definition) is 3. The van der Waals surface area contributed by atoms with Gasteiger partial charge in [-0.2, -0.15) is 0 Å². The number of rotatable bonds is 5. The first-order chi connectivity index (χ1) is 11.5. The van der Waals surface area contributed by atoms with Crippen molar-refractivity contribution in [1.82, 2.24) is 0 Å². The molecule has 1 amide bonds. The molecule has 1 fully saturated rings. The summed E-state index contributed by atoms with van der Waals surface area (Å²) in [6.07, 6.45) is 1.15. The van der Waals surface area contributed by atoms with E-state index < -0.39 is 17.8 Å². The van der Waals surface area contributed by atoms with Gasteiger partial charge in [0.05, 0.1) is 17.5 Å². The van der Waals surface area contributed by atoms with E-state index in [1.54, 1.807) is 18.2 Å². The van der Waals surface area contributed by atoms with Gasteiger partial charge in [0.1, 0.15) is 5.75 Å². The topological polar surface area (TPSA) is 75.6 Å². The van der Waals surface area contributed by atoms with E-state index in [2.05, 4.69) is 5.32 Å². The predicted octanol–water partition coefficient (Wildman–Crippen LogP) is 3.84. The SMILES string of the molecule is Cc1ccc(Oc2ccccc2NC(=O)C2CCC2C(=O)O)cc1. The van der Waals surface area contributed by atoms with Gasteiger partial charge in [0.2, 0.25) is 5.91 Å². The standard InChI is InChI=1S/C19H19NO4/c1-12-6-8-13(9-7-12)24-17-5-3-2-4-16(17)20-18(21)14-10-11-15(14)19(22)23/h2-9,14-15H,10-11H2,1H3,(H,20,21)(H,22,23). The summed E-state index contributed by atoms with van der Waals surface area (Å²) in [7, 11) is 0. The minimum Gasteiger partial charge on any atom is -0.481 e. The molecule has 0 bridgehead atoms. The number of aliphatic carboxylic acids is 1. The van der Waals surface area contributed by atoms with E-state index in [1.807, 2.05) is 37.3 Å². The van der Waals surface area contributed by atoms with Crippen LogP contribution in [0.2, 0.25) is 0 Å². The number of carbonyl (C=O) groups is 2. The second kappa shape index (κ2) is 6.74. The highest BCUT2D eigenvalue weighted by atomic mass is 16.5. The van der Waals surface area contributed by atoms with Crippen molar-refractivity contribution in [3.05, 3.63) is 54.1 Å². The molecule has 2 N–H and O–H groups in total. The molecule has 24 heavy (non-hydrogen) atoms.